The van der Waals surface area contributed by atoms with Gasteiger partial charge in [-0.25, -0.2) is 0 Å². The third-order valence-corrected chi connectivity index (χ3v) is 5.01. The molecular weight excluding hydrogens is 320 g/mol. The normalized spacial score (nSPS) is 26.0. The number of hydrogen-bond donors (Lipinski definition) is 1. The fraction of sp³-hybridized carbons (Fsp3) is 0.556. The molecule has 2 aromatic heterocycles. The van der Waals surface area contributed by atoms with E-state index in [0.717, 1.165) is 31.8 Å². The predicted octanol–water partition coefficient (Wildman–Crippen LogP) is 1.31. The molecule has 25 heavy (non-hydrogen) atoms. The molecule has 1 amide bonds. The van der Waals surface area contributed by atoms with Gasteiger partial charge in [0.05, 0.1) is 37.6 Å². The van der Waals surface area contributed by atoms with Crippen molar-refractivity contribution in [2.45, 2.75) is 38.1 Å². The highest BCUT2D eigenvalue weighted by atomic mass is 16.5. The van der Waals surface area contributed by atoms with Gasteiger partial charge in [-0.1, -0.05) is 0 Å². The van der Waals surface area contributed by atoms with E-state index < -0.39 is 0 Å². The molecule has 7 heteroatoms. The van der Waals surface area contributed by atoms with E-state index in [2.05, 4.69) is 21.5 Å². The zero-order valence-electron chi connectivity index (χ0n) is 14.4. The van der Waals surface area contributed by atoms with Crippen LogP contribution in [-0.4, -0.2) is 45.9 Å². The van der Waals surface area contributed by atoms with Crippen LogP contribution in [0.25, 0.3) is 0 Å². The Morgan fingerprint density at radius 2 is 2.36 bits per heavy atom. The molecule has 0 radical (unpaired) electrons. The summed E-state index contributed by atoms with van der Waals surface area (Å²) >= 11 is 0. The van der Waals surface area contributed by atoms with Crippen molar-refractivity contribution < 1.29 is 13.9 Å². The topological polar surface area (TPSA) is 72.5 Å². The largest absolute Gasteiger partial charge is 0.467 e. The average Bonchev–Trinajstić information content (AvgIpc) is 3.31. The quantitative estimate of drug-likeness (QED) is 0.855. The van der Waals surface area contributed by atoms with Gasteiger partial charge in [-0.05, 0) is 18.6 Å². The number of aryl methyl sites for hydroxylation is 1. The number of ether oxygens (including phenoxy) is 1. The highest BCUT2D eigenvalue weighted by molar-refractivity contribution is 5.76. The van der Waals surface area contributed by atoms with Gasteiger partial charge in [0.15, 0.2) is 0 Å². The van der Waals surface area contributed by atoms with Gasteiger partial charge in [-0.2, -0.15) is 5.10 Å². The Kier molecular flexibility index (Phi) is 4.59. The van der Waals surface area contributed by atoms with Crippen molar-refractivity contribution in [1.82, 2.24) is 20.0 Å². The summed E-state index contributed by atoms with van der Waals surface area (Å²) in [4.78, 5) is 14.5. The average molecular weight is 344 g/mol. The first-order valence-electron chi connectivity index (χ1n) is 8.80. The molecule has 0 bridgehead atoms. The minimum absolute atomic E-state index is 0.0218. The summed E-state index contributed by atoms with van der Waals surface area (Å²) in [6, 6.07) is 3.67. The van der Waals surface area contributed by atoms with E-state index in [0.29, 0.717) is 18.9 Å². The van der Waals surface area contributed by atoms with E-state index >= 15 is 0 Å². The summed E-state index contributed by atoms with van der Waals surface area (Å²) in [7, 11) is 1.94. The molecule has 0 spiro atoms. The summed E-state index contributed by atoms with van der Waals surface area (Å²) in [6.07, 6.45) is 7.26. The number of rotatable bonds is 6. The van der Waals surface area contributed by atoms with Crippen LogP contribution in [0.3, 0.4) is 0 Å². The Bertz CT molecular complexity index is 698. The second-order valence-corrected chi connectivity index (χ2v) is 7.07. The third kappa shape index (κ3) is 3.93. The lowest BCUT2D eigenvalue weighted by atomic mass is 10.0. The lowest BCUT2D eigenvalue weighted by molar-refractivity contribution is -0.124. The number of nitrogens with one attached hydrogen (secondary N) is 1. The van der Waals surface area contributed by atoms with E-state index in [1.54, 1.807) is 6.26 Å². The molecule has 4 heterocycles. The van der Waals surface area contributed by atoms with Crippen LogP contribution >= 0.6 is 0 Å². The molecule has 134 valence electrons. The minimum atomic E-state index is 0.0218. The van der Waals surface area contributed by atoms with Crippen molar-refractivity contribution >= 4 is 5.91 Å². The lowest BCUT2D eigenvalue weighted by Crippen LogP contribution is -2.29. The number of likely N-dealkylation sites (tertiary alicyclic amines) is 1. The van der Waals surface area contributed by atoms with Crippen molar-refractivity contribution in [3.05, 3.63) is 42.1 Å². The molecule has 0 aromatic carbocycles. The van der Waals surface area contributed by atoms with Crippen LogP contribution < -0.4 is 5.32 Å². The van der Waals surface area contributed by atoms with Crippen LogP contribution in [0.2, 0.25) is 0 Å². The summed E-state index contributed by atoms with van der Waals surface area (Å²) in [5.41, 5.74) is 1.23. The molecule has 2 aromatic rings. The number of amides is 1. The summed E-state index contributed by atoms with van der Waals surface area (Å²) in [6.45, 7) is 3.32. The first kappa shape index (κ1) is 16.4. The monoisotopic (exact) mass is 344 g/mol. The maximum absolute atomic E-state index is 12.1. The number of furan rings is 1. The van der Waals surface area contributed by atoms with E-state index in [4.69, 9.17) is 9.15 Å². The number of carbonyl (C=O) groups is 1. The fourth-order valence-corrected chi connectivity index (χ4v) is 3.90. The Balaban J connectivity index is 1.20. The van der Waals surface area contributed by atoms with Gasteiger partial charge in [0.1, 0.15) is 5.76 Å². The van der Waals surface area contributed by atoms with Crippen molar-refractivity contribution in [1.29, 1.82) is 0 Å². The molecular formula is C18H24N4O3. The van der Waals surface area contributed by atoms with Crippen molar-refractivity contribution in [2.24, 2.45) is 13.0 Å². The molecule has 2 aliphatic rings. The zero-order chi connectivity index (χ0) is 17.2. The highest BCUT2D eigenvalue weighted by Gasteiger charge is 2.42. The van der Waals surface area contributed by atoms with Crippen LogP contribution in [0.1, 0.15) is 24.2 Å². The Labute approximate surface area is 146 Å². The Morgan fingerprint density at radius 1 is 1.44 bits per heavy atom. The molecule has 7 nitrogen and oxygen atoms in total. The zero-order valence-corrected chi connectivity index (χ0v) is 14.4. The molecule has 4 rings (SSSR count). The summed E-state index contributed by atoms with van der Waals surface area (Å²) in [5.74, 6) is 1.32. The molecule has 2 aliphatic heterocycles. The highest BCUT2D eigenvalue weighted by Crippen LogP contribution is 2.34. The SMILES string of the molecule is Cn1cc(CN2C[C@@H]3C[C@H](CC(=O)NCc4ccco4)O[C@@H]3C2)cn1. The van der Waals surface area contributed by atoms with Crippen molar-refractivity contribution in [2.75, 3.05) is 13.1 Å². The molecule has 0 saturated carbocycles. The van der Waals surface area contributed by atoms with Crippen LogP contribution in [0.5, 0.6) is 0 Å². The van der Waals surface area contributed by atoms with Crippen molar-refractivity contribution in [3.63, 3.8) is 0 Å². The standard InChI is InChI=1S/C18H24N4O3/c1-21-9-13(7-20-21)10-22-11-14-5-16(25-17(14)12-22)6-18(23)19-8-15-3-2-4-24-15/h2-4,7,9,14,16-17H,5-6,8,10-12H2,1H3,(H,19,23)/t14-,16+,17+/m0/s1. The number of aromatic nitrogens is 2. The van der Waals surface area contributed by atoms with Crippen LogP contribution in [-0.2, 0) is 29.7 Å². The number of hydrogen-bond acceptors (Lipinski definition) is 5. The van der Waals surface area contributed by atoms with E-state index in [1.807, 2.05) is 30.1 Å². The second kappa shape index (κ2) is 7.01. The summed E-state index contributed by atoms with van der Waals surface area (Å²) in [5, 5.41) is 7.11. The predicted molar refractivity (Wildman–Crippen MR) is 90.4 cm³/mol. The van der Waals surface area contributed by atoms with Gasteiger partial charge in [0.25, 0.3) is 0 Å². The maximum Gasteiger partial charge on any atom is 0.222 e. The van der Waals surface area contributed by atoms with Gasteiger partial charge < -0.3 is 14.5 Å². The number of nitrogens with zero attached hydrogens (tertiary/aromatic N) is 3. The first-order chi connectivity index (χ1) is 12.2. The maximum atomic E-state index is 12.1. The van der Waals surface area contributed by atoms with Crippen LogP contribution in [0.15, 0.2) is 35.2 Å². The van der Waals surface area contributed by atoms with E-state index in [-0.39, 0.29) is 18.1 Å². The Morgan fingerprint density at radius 3 is 3.08 bits per heavy atom. The first-order valence-corrected chi connectivity index (χ1v) is 8.80. The lowest BCUT2D eigenvalue weighted by Gasteiger charge is -2.18. The van der Waals surface area contributed by atoms with Gasteiger partial charge in [-0.15, -0.1) is 0 Å². The van der Waals surface area contributed by atoms with Crippen LogP contribution in [0, 0.1) is 5.92 Å². The van der Waals surface area contributed by atoms with Gasteiger partial charge in [-0.3, -0.25) is 14.4 Å². The molecule has 2 saturated heterocycles. The van der Waals surface area contributed by atoms with Crippen molar-refractivity contribution in [3.8, 4) is 0 Å². The van der Waals surface area contributed by atoms with E-state index in [1.165, 1.54) is 5.56 Å². The molecule has 3 atom stereocenters. The van der Waals surface area contributed by atoms with Gasteiger partial charge in [0, 0.05) is 44.4 Å². The van der Waals surface area contributed by atoms with Gasteiger partial charge in [0.2, 0.25) is 5.91 Å². The number of fused-ring (bicyclic) bond motifs is 1. The van der Waals surface area contributed by atoms with E-state index in [9.17, 15) is 4.79 Å². The minimum Gasteiger partial charge on any atom is -0.467 e. The summed E-state index contributed by atoms with van der Waals surface area (Å²) < 4.78 is 13.2. The molecule has 2 fully saturated rings. The molecule has 0 aliphatic carbocycles. The fourth-order valence-electron chi connectivity index (χ4n) is 3.90. The molecule has 1 N–H and O–H groups in total. The molecule has 0 unspecified atom stereocenters. The van der Waals surface area contributed by atoms with Crippen LogP contribution in [0.4, 0.5) is 0 Å². The van der Waals surface area contributed by atoms with Gasteiger partial charge >= 0.3 is 0 Å². The second-order valence-electron chi connectivity index (χ2n) is 7.07. The third-order valence-electron chi connectivity index (χ3n) is 5.01. The Hall–Kier alpha value is -2.12. The smallest absolute Gasteiger partial charge is 0.222 e. The number of carbonyl (C=O) groups excluding carboxylic acids is 1.